The maximum Gasteiger partial charge on any atom is 0.195 e. The summed E-state index contributed by atoms with van der Waals surface area (Å²) in [5, 5.41) is 8.34. The topological polar surface area (TPSA) is 71.6 Å². The minimum absolute atomic E-state index is 0.214. The normalized spacial score (nSPS) is 13.8. The number of carbonyl (C=O) groups excluding carboxylic acids is 1. The second-order valence-corrected chi connectivity index (χ2v) is 11.0. The molecular formula is C31H35N5O2S. The van der Waals surface area contributed by atoms with Gasteiger partial charge in [0.1, 0.15) is 5.75 Å². The standard InChI is InChI=1S/C31H35N5O2S/c1-4-7-16-31(33-34-31)17-19-38-25-12-10-11-23(20-25)26-22-36-27-15-14-24(21-29(27)39-30(36)32-26)28(37)13-8-9-18-35(5-2)6-3/h1,10-12,14-15,20-22H,5-9,13,16-19H2,2-3H3. The molecule has 8 heteroatoms. The van der Waals surface area contributed by atoms with Crippen LogP contribution in [-0.2, 0) is 0 Å². The highest BCUT2D eigenvalue weighted by atomic mass is 32.1. The van der Waals surface area contributed by atoms with Gasteiger partial charge in [0.2, 0.25) is 0 Å². The molecule has 0 saturated carbocycles. The van der Waals surface area contributed by atoms with Crippen molar-refractivity contribution in [1.29, 1.82) is 0 Å². The van der Waals surface area contributed by atoms with Crippen LogP contribution in [0.1, 0.15) is 62.7 Å². The Morgan fingerprint density at radius 1 is 1.13 bits per heavy atom. The van der Waals surface area contributed by atoms with Gasteiger partial charge in [0.25, 0.3) is 0 Å². The molecule has 3 heterocycles. The Bertz CT molecular complexity index is 1520. The zero-order valence-corrected chi connectivity index (χ0v) is 23.5. The number of ketones is 1. The summed E-state index contributed by atoms with van der Waals surface area (Å²) >= 11 is 1.61. The van der Waals surface area contributed by atoms with Gasteiger partial charge < -0.3 is 9.64 Å². The van der Waals surface area contributed by atoms with Gasteiger partial charge in [-0.1, -0.05) is 37.3 Å². The first kappa shape index (κ1) is 27.0. The third-order valence-corrected chi connectivity index (χ3v) is 8.41. The van der Waals surface area contributed by atoms with Gasteiger partial charge in [0.15, 0.2) is 16.4 Å². The van der Waals surface area contributed by atoms with Gasteiger partial charge in [-0.25, -0.2) is 4.98 Å². The molecule has 0 bridgehead atoms. The van der Waals surface area contributed by atoms with Gasteiger partial charge >= 0.3 is 0 Å². The number of benzene rings is 2. The molecule has 2 aromatic carbocycles. The first-order valence-corrected chi connectivity index (χ1v) is 14.6. The number of carbonyl (C=O) groups is 1. The van der Waals surface area contributed by atoms with Gasteiger partial charge in [0, 0.05) is 43.0 Å². The van der Waals surface area contributed by atoms with Crippen molar-refractivity contribution in [3.05, 3.63) is 54.2 Å². The molecule has 2 aromatic heterocycles. The summed E-state index contributed by atoms with van der Waals surface area (Å²) in [7, 11) is 0. The van der Waals surface area contributed by atoms with Crippen LogP contribution in [0.2, 0.25) is 0 Å². The second-order valence-electron chi connectivity index (χ2n) is 9.98. The van der Waals surface area contributed by atoms with Crippen LogP contribution < -0.4 is 4.74 Å². The molecule has 0 N–H and O–H groups in total. The number of hydrogen-bond donors (Lipinski definition) is 0. The Hall–Kier alpha value is -3.54. The van der Waals surface area contributed by atoms with Crippen LogP contribution in [0.15, 0.2) is 58.9 Å². The SMILES string of the molecule is C#CCCC1(CCOc2cccc(-c3cn4c(n3)sc3cc(C(=O)CCCCN(CC)CC)ccc34)c2)N=N1. The molecule has 0 amide bonds. The van der Waals surface area contributed by atoms with E-state index in [1.54, 1.807) is 11.3 Å². The number of unbranched alkanes of at least 4 members (excludes halogenated alkanes) is 1. The summed E-state index contributed by atoms with van der Waals surface area (Å²) in [6, 6.07) is 14.0. The molecule has 5 rings (SSSR count). The summed E-state index contributed by atoms with van der Waals surface area (Å²) in [4.78, 5) is 21.0. The highest BCUT2D eigenvalue weighted by Gasteiger charge is 2.38. The zero-order valence-electron chi connectivity index (χ0n) is 22.7. The van der Waals surface area contributed by atoms with Gasteiger partial charge in [-0.3, -0.25) is 9.20 Å². The Morgan fingerprint density at radius 2 is 1.97 bits per heavy atom. The largest absolute Gasteiger partial charge is 0.493 e. The van der Waals surface area contributed by atoms with E-state index in [0.717, 1.165) is 83.1 Å². The minimum Gasteiger partial charge on any atom is -0.493 e. The molecular weight excluding hydrogens is 506 g/mol. The van der Waals surface area contributed by atoms with Gasteiger partial charge in [-0.05, 0) is 62.8 Å². The van der Waals surface area contributed by atoms with E-state index < -0.39 is 0 Å². The van der Waals surface area contributed by atoms with Gasteiger partial charge in [-0.15, -0.1) is 12.3 Å². The maximum atomic E-state index is 12.8. The summed E-state index contributed by atoms with van der Waals surface area (Å²) in [5.74, 6) is 3.66. The second kappa shape index (κ2) is 12.1. The van der Waals surface area contributed by atoms with E-state index in [1.165, 1.54) is 0 Å². The van der Waals surface area contributed by atoms with E-state index in [9.17, 15) is 4.79 Å². The third-order valence-electron chi connectivity index (χ3n) is 7.39. The van der Waals surface area contributed by atoms with E-state index >= 15 is 0 Å². The lowest BCUT2D eigenvalue weighted by Gasteiger charge is -2.17. The fraction of sp³-hybridized carbons (Fsp3) is 0.419. The van der Waals surface area contributed by atoms with Crippen molar-refractivity contribution in [3.8, 4) is 29.4 Å². The molecule has 0 atom stereocenters. The van der Waals surface area contributed by atoms with Crippen LogP contribution in [0, 0.1) is 12.3 Å². The predicted octanol–water partition coefficient (Wildman–Crippen LogP) is 7.26. The molecule has 1 aliphatic rings. The zero-order chi connectivity index (χ0) is 27.2. The summed E-state index contributed by atoms with van der Waals surface area (Å²) in [5.41, 5.74) is 3.39. The van der Waals surface area contributed by atoms with Crippen LogP contribution in [0.3, 0.4) is 0 Å². The molecule has 0 radical (unpaired) electrons. The molecule has 7 nitrogen and oxygen atoms in total. The Morgan fingerprint density at radius 3 is 2.74 bits per heavy atom. The van der Waals surface area contributed by atoms with Gasteiger partial charge in [0.05, 0.1) is 22.5 Å². The van der Waals surface area contributed by atoms with Crippen LogP contribution in [0.4, 0.5) is 0 Å². The Labute approximate surface area is 233 Å². The number of thiazole rings is 1. The number of hydrogen-bond acceptors (Lipinski definition) is 7. The lowest BCUT2D eigenvalue weighted by Crippen LogP contribution is -2.24. The number of fused-ring (bicyclic) bond motifs is 3. The first-order valence-electron chi connectivity index (χ1n) is 13.8. The van der Waals surface area contributed by atoms with E-state index in [0.29, 0.717) is 19.4 Å². The minimum atomic E-state index is -0.338. The average Bonchev–Trinajstić information content (AvgIpc) is 3.46. The van der Waals surface area contributed by atoms with Crippen molar-refractivity contribution >= 4 is 32.3 Å². The number of aromatic nitrogens is 2. The molecule has 202 valence electrons. The average molecular weight is 542 g/mol. The van der Waals surface area contributed by atoms with Gasteiger partial charge in [-0.2, -0.15) is 10.2 Å². The summed E-state index contributed by atoms with van der Waals surface area (Å²) in [6.45, 7) is 8.06. The predicted molar refractivity (Wildman–Crippen MR) is 158 cm³/mol. The molecule has 0 spiro atoms. The fourth-order valence-corrected chi connectivity index (χ4v) is 5.91. The highest BCUT2D eigenvalue weighted by molar-refractivity contribution is 7.23. The van der Waals surface area contributed by atoms with Crippen molar-refractivity contribution < 1.29 is 9.53 Å². The van der Waals surface area contributed by atoms with Crippen molar-refractivity contribution in [1.82, 2.24) is 14.3 Å². The maximum absolute atomic E-state index is 12.8. The van der Waals surface area contributed by atoms with Crippen molar-refractivity contribution in [2.45, 2.75) is 58.0 Å². The monoisotopic (exact) mass is 541 g/mol. The molecule has 0 unspecified atom stereocenters. The van der Waals surface area contributed by atoms with Crippen molar-refractivity contribution in [2.75, 3.05) is 26.2 Å². The van der Waals surface area contributed by atoms with Crippen molar-refractivity contribution in [2.24, 2.45) is 10.2 Å². The number of imidazole rings is 1. The lowest BCUT2D eigenvalue weighted by molar-refractivity contribution is 0.0978. The fourth-order valence-electron chi connectivity index (χ4n) is 4.86. The van der Waals surface area contributed by atoms with Crippen LogP contribution in [-0.4, -0.2) is 52.0 Å². The number of terminal acetylenes is 1. The van der Waals surface area contributed by atoms with E-state index in [-0.39, 0.29) is 11.4 Å². The Kier molecular flexibility index (Phi) is 8.39. The smallest absolute Gasteiger partial charge is 0.195 e. The summed E-state index contributed by atoms with van der Waals surface area (Å²) in [6.07, 6.45) is 12.2. The van der Waals surface area contributed by atoms with E-state index in [1.807, 2.05) is 42.5 Å². The molecule has 39 heavy (non-hydrogen) atoms. The van der Waals surface area contributed by atoms with E-state index in [2.05, 4.69) is 45.5 Å². The quantitative estimate of drug-likeness (QED) is 0.0902. The van der Waals surface area contributed by atoms with Crippen LogP contribution in [0.25, 0.3) is 26.4 Å². The summed E-state index contributed by atoms with van der Waals surface area (Å²) < 4.78 is 9.18. The molecule has 0 saturated heterocycles. The molecule has 0 aliphatic carbocycles. The highest BCUT2D eigenvalue weighted by Crippen LogP contribution is 2.37. The first-order chi connectivity index (χ1) is 19.0. The number of ether oxygens (including phenoxy) is 1. The van der Waals surface area contributed by atoms with Crippen LogP contribution in [0.5, 0.6) is 5.75 Å². The van der Waals surface area contributed by atoms with Crippen molar-refractivity contribution in [3.63, 3.8) is 0 Å². The number of Topliss-reactive ketones (excluding diaryl/α,β-unsaturated/α-hetero) is 1. The number of nitrogens with zero attached hydrogens (tertiary/aromatic N) is 5. The third kappa shape index (κ3) is 6.38. The molecule has 4 aromatic rings. The molecule has 1 aliphatic heterocycles. The van der Waals surface area contributed by atoms with Crippen LogP contribution >= 0.6 is 11.3 Å². The number of rotatable bonds is 15. The lowest BCUT2D eigenvalue weighted by atomic mass is 10.1. The Balaban J connectivity index is 1.22. The van der Waals surface area contributed by atoms with E-state index in [4.69, 9.17) is 16.1 Å². The molecule has 0 fully saturated rings.